The molecule has 0 atom stereocenters. The molecule has 0 aliphatic carbocycles. The number of nitrogens with zero attached hydrogens (tertiary/aromatic N) is 2. The van der Waals surface area contributed by atoms with Gasteiger partial charge in [0.15, 0.2) is 0 Å². The van der Waals surface area contributed by atoms with Crippen molar-refractivity contribution in [1.29, 1.82) is 0 Å². The van der Waals surface area contributed by atoms with Gasteiger partial charge in [0.1, 0.15) is 0 Å². The minimum Gasteiger partial charge on any atom is -0.258 e. The van der Waals surface area contributed by atoms with Crippen molar-refractivity contribution in [2.24, 2.45) is 5.10 Å². The Hall–Kier alpha value is -3.49. The highest BCUT2D eigenvalue weighted by Crippen LogP contribution is 2.35. The van der Waals surface area contributed by atoms with E-state index in [9.17, 15) is 18.5 Å². The van der Waals surface area contributed by atoms with Crippen LogP contribution in [0.1, 0.15) is 5.56 Å². The van der Waals surface area contributed by atoms with Crippen LogP contribution in [0, 0.1) is 10.1 Å². The number of sulfonamides is 1. The van der Waals surface area contributed by atoms with Gasteiger partial charge < -0.3 is 0 Å². The molecule has 0 aliphatic heterocycles. The second-order valence-corrected chi connectivity index (χ2v) is 8.47. The van der Waals surface area contributed by atoms with Gasteiger partial charge in [-0.3, -0.25) is 10.1 Å². The number of benzene rings is 4. The lowest BCUT2D eigenvalue weighted by Crippen LogP contribution is -2.18. The van der Waals surface area contributed by atoms with Crippen LogP contribution >= 0.6 is 11.6 Å². The monoisotopic (exact) mass is 439 g/mol. The summed E-state index contributed by atoms with van der Waals surface area (Å²) >= 11 is 6.56. The lowest BCUT2D eigenvalue weighted by Gasteiger charge is -2.10. The number of hydrazone groups is 1. The average molecular weight is 440 g/mol. The van der Waals surface area contributed by atoms with Gasteiger partial charge in [0.05, 0.1) is 21.1 Å². The second-order valence-electron chi connectivity index (χ2n) is 6.43. The van der Waals surface area contributed by atoms with E-state index in [2.05, 4.69) is 9.93 Å². The van der Waals surface area contributed by atoms with Gasteiger partial charge in [0.2, 0.25) is 0 Å². The van der Waals surface area contributed by atoms with Crippen LogP contribution in [-0.2, 0) is 10.0 Å². The van der Waals surface area contributed by atoms with Crippen molar-refractivity contribution in [2.75, 3.05) is 0 Å². The van der Waals surface area contributed by atoms with E-state index < -0.39 is 14.9 Å². The molecule has 0 unspecified atom stereocenters. The number of non-ortho nitro benzene ring substituents is 1. The van der Waals surface area contributed by atoms with Crippen LogP contribution in [-0.4, -0.2) is 19.6 Å². The number of hydrogen-bond acceptors (Lipinski definition) is 5. The van der Waals surface area contributed by atoms with E-state index in [4.69, 9.17) is 11.6 Å². The lowest BCUT2D eigenvalue weighted by molar-refractivity contribution is -0.385. The summed E-state index contributed by atoms with van der Waals surface area (Å²) < 4.78 is 25.0. The third-order valence-corrected chi connectivity index (χ3v) is 6.24. The maximum atomic E-state index is 12.5. The Morgan fingerprint density at radius 1 is 0.900 bits per heavy atom. The minimum atomic E-state index is -4.08. The Kier molecular flexibility index (Phi) is 5.11. The molecule has 4 aromatic carbocycles. The number of nitrogens with one attached hydrogen (secondary N) is 1. The maximum absolute atomic E-state index is 12.5. The van der Waals surface area contributed by atoms with Crippen LogP contribution in [0.4, 0.5) is 5.69 Å². The molecule has 9 heteroatoms. The van der Waals surface area contributed by atoms with Gasteiger partial charge in [-0.2, -0.15) is 13.5 Å². The van der Waals surface area contributed by atoms with Crippen molar-refractivity contribution < 1.29 is 13.3 Å². The smallest absolute Gasteiger partial charge is 0.258 e. The van der Waals surface area contributed by atoms with E-state index >= 15 is 0 Å². The highest BCUT2D eigenvalue weighted by atomic mass is 35.5. The SMILES string of the molecule is O=[N+]([O-])c1cccc(S(=O)(=O)N/N=C/c2c3ccccc3c(Cl)c3ccccc23)c1. The largest absolute Gasteiger partial charge is 0.276 e. The van der Waals surface area contributed by atoms with Gasteiger partial charge >= 0.3 is 0 Å². The zero-order valence-corrected chi connectivity index (χ0v) is 16.9. The fourth-order valence-electron chi connectivity index (χ4n) is 3.23. The molecule has 0 amide bonds. The summed E-state index contributed by atoms with van der Waals surface area (Å²) in [5.74, 6) is 0. The van der Waals surface area contributed by atoms with Crippen molar-refractivity contribution >= 4 is 55.1 Å². The van der Waals surface area contributed by atoms with Gasteiger partial charge in [-0.25, -0.2) is 4.83 Å². The molecule has 0 aliphatic rings. The van der Waals surface area contributed by atoms with Crippen molar-refractivity contribution in [3.63, 3.8) is 0 Å². The van der Waals surface area contributed by atoms with Gasteiger partial charge in [-0.05, 0) is 16.8 Å². The number of halogens is 1. The van der Waals surface area contributed by atoms with E-state index in [-0.39, 0.29) is 10.6 Å². The van der Waals surface area contributed by atoms with Crippen LogP contribution in [0.25, 0.3) is 21.5 Å². The molecule has 150 valence electrons. The van der Waals surface area contributed by atoms with E-state index in [1.165, 1.54) is 24.4 Å². The van der Waals surface area contributed by atoms with E-state index in [0.717, 1.165) is 27.6 Å². The zero-order valence-electron chi connectivity index (χ0n) is 15.3. The molecule has 0 saturated heterocycles. The summed E-state index contributed by atoms with van der Waals surface area (Å²) in [5.41, 5.74) is 0.379. The van der Waals surface area contributed by atoms with Crippen LogP contribution < -0.4 is 4.83 Å². The molecule has 1 N–H and O–H groups in total. The van der Waals surface area contributed by atoms with Gasteiger partial charge in [0.25, 0.3) is 15.7 Å². The van der Waals surface area contributed by atoms with Crippen molar-refractivity contribution in [3.8, 4) is 0 Å². The highest BCUT2D eigenvalue weighted by Gasteiger charge is 2.17. The normalized spacial score (nSPS) is 11.9. The molecular formula is C21H14ClN3O4S. The first-order valence-corrected chi connectivity index (χ1v) is 10.6. The minimum absolute atomic E-state index is 0.250. The molecule has 0 saturated carbocycles. The van der Waals surface area contributed by atoms with Gasteiger partial charge in [0, 0.05) is 28.5 Å². The predicted octanol–water partition coefficient (Wildman–Crippen LogP) is 4.87. The Balaban J connectivity index is 1.76. The second kappa shape index (κ2) is 7.74. The predicted molar refractivity (Wildman–Crippen MR) is 117 cm³/mol. The van der Waals surface area contributed by atoms with Crippen LogP contribution in [0.2, 0.25) is 5.02 Å². The number of rotatable bonds is 5. The number of nitro benzene ring substituents is 1. The molecule has 0 heterocycles. The molecule has 0 bridgehead atoms. The van der Waals surface area contributed by atoms with E-state index in [0.29, 0.717) is 10.6 Å². The Morgan fingerprint density at radius 3 is 2.03 bits per heavy atom. The first-order chi connectivity index (χ1) is 14.4. The van der Waals surface area contributed by atoms with Crippen molar-refractivity contribution in [1.82, 2.24) is 4.83 Å². The van der Waals surface area contributed by atoms with Crippen molar-refractivity contribution in [2.45, 2.75) is 4.90 Å². The average Bonchev–Trinajstić information content (AvgIpc) is 2.76. The summed E-state index contributed by atoms with van der Waals surface area (Å²) in [6.07, 6.45) is 1.41. The Morgan fingerprint density at radius 2 is 1.47 bits per heavy atom. The summed E-state index contributed by atoms with van der Waals surface area (Å²) in [4.78, 5) is 12.1. The number of nitro groups is 1. The first kappa shape index (κ1) is 19.8. The Labute approximate surface area is 176 Å². The summed E-state index contributed by atoms with van der Waals surface area (Å²) in [7, 11) is -4.08. The molecule has 7 nitrogen and oxygen atoms in total. The lowest BCUT2D eigenvalue weighted by atomic mass is 9.97. The maximum Gasteiger partial charge on any atom is 0.276 e. The third kappa shape index (κ3) is 3.58. The molecule has 0 aromatic heterocycles. The number of fused-ring (bicyclic) bond motifs is 2. The summed E-state index contributed by atoms with van der Waals surface area (Å²) in [6, 6.07) is 19.7. The molecule has 4 aromatic rings. The van der Waals surface area contributed by atoms with E-state index in [1.54, 1.807) is 0 Å². The van der Waals surface area contributed by atoms with Crippen LogP contribution in [0.5, 0.6) is 0 Å². The quantitative estimate of drug-likeness (QED) is 0.207. The Bertz CT molecular complexity index is 1380. The molecule has 30 heavy (non-hydrogen) atoms. The van der Waals surface area contributed by atoms with Gasteiger partial charge in [-0.15, -0.1) is 0 Å². The third-order valence-electron chi connectivity index (χ3n) is 4.61. The standard InChI is InChI=1S/C21H14ClN3O4S/c22-21-18-10-3-1-8-16(18)20(17-9-2-4-11-19(17)21)13-23-24-30(28,29)15-7-5-6-14(12-15)25(26)27/h1-13,24H/b23-13+. The van der Waals surface area contributed by atoms with Crippen molar-refractivity contribution in [3.05, 3.63) is 93.5 Å². The zero-order chi connectivity index (χ0) is 21.3. The molecular weight excluding hydrogens is 426 g/mol. The highest BCUT2D eigenvalue weighted by molar-refractivity contribution is 7.89. The topological polar surface area (TPSA) is 102 Å². The molecule has 4 rings (SSSR count). The van der Waals surface area contributed by atoms with E-state index in [1.807, 2.05) is 48.5 Å². The fourth-order valence-corrected chi connectivity index (χ4v) is 4.39. The van der Waals surface area contributed by atoms with Gasteiger partial charge in [-0.1, -0.05) is 66.2 Å². The fraction of sp³-hybridized carbons (Fsp3) is 0. The summed E-state index contributed by atoms with van der Waals surface area (Å²) in [6.45, 7) is 0. The molecule has 0 spiro atoms. The van der Waals surface area contributed by atoms with Crippen LogP contribution in [0.3, 0.4) is 0 Å². The molecule has 0 radical (unpaired) electrons. The summed E-state index contributed by atoms with van der Waals surface area (Å²) in [5, 5.41) is 18.7. The van der Waals surface area contributed by atoms with Crippen LogP contribution in [0.15, 0.2) is 82.8 Å². The number of hydrogen-bond donors (Lipinski definition) is 1. The molecule has 0 fully saturated rings. The first-order valence-electron chi connectivity index (χ1n) is 8.77.